The molecule has 1 aromatic carbocycles. The average molecular weight is 297 g/mol. The van der Waals surface area contributed by atoms with Crippen LogP contribution in [-0.2, 0) is 6.54 Å². The van der Waals surface area contributed by atoms with Gasteiger partial charge in [-0.05, 0) is 50.1 Å². The van der Waals surface area contributed by atoms with Crippen molar-refractivity contribution < 1.29 is 9.90 Å². The zero-order valence-electron chi connectivity index (χ0n) is 12.6. The molecule has 5 heteroatoms. The molecule has 1 N–H and O–H groups in total. The van der Waals surface area contributed by atoms with E-state index in [4.69, 9.17) is 5.11 Å². The molecule has 0 radical (unpaired) electrons. The molecule has 0 amide bonds. The fraction of sp³-hybridized carbons (Fsp3) is 0.353. The molecule has 5 nitrogen and oxygen atoms in total. The second kappa shape index (κ2) is 6.23. The molecule has 1 saturated heterocycles. The van der Waals surface area contributed by atoms with Crippen molar-refractivity contribution in [2.24, 2.45) is 0 Å². The molecule has 3 rings (SSSR count). The van der Waals surface area contributed by atoms with E-state index in [9.17, 15) is 4.79 Å². The molecular weight excluding hydrogens is 278 g/mol. The Morgan fingerprint density at radius 2 is 2.27 bits per heavy atom. The van der Waals surface area contributed by atoms with Gasteiger partial charge in [0.15, 0.2) is 0 Å². The van der Waals surface area contributed by atoms with Crippen LogP contribution in [-0.4, -0.2) is 32.5 Å². The molecule has 1 aliphatic rings. The molecule has 1 aliphatic heterocycles. The van der Waals surface area contributed by atoms with Crippen LogP contribution in [0.4, 0.5) is 0 Å². The van der Waals surface area contributed by atoms with Gasteiger partial charge in [-0.25, -0.2) is 14.8 Å². The van der Waals surface area contributed by atoms with Crippen LogP contribution in [0.2, 0.25) is 0 Å². The summed E-state index contributed by atoms with van der Waals surface area (Å²) in [6, 6.07) is 9.43. The van der Waals surface area contributed by atoms with Gasteiger partial charge < -0.3 is 5.11 Å². The Labute approximate surface area is 129 Å². The van der Waals surface area contributed by atoms with Crippen molar-refractivity contribution in [1.29, 1.82) is 0 Å². The SMILES string of the molecule is Cc1nccc([C@H]2CCCN2Cc2cccc(C(=O)O)c2)n1. The van der Waals surface area contributed by atoms with Crippen molar-refractivity contribution in [3.8, 4) is 0 Å². The van der Waals surface area contributed by atoms with Gasteiger partial charge in [0.1, 0.15) is 5.82 Å². The maximum absolute atomic E-state index is 11.1. The molecule has 0 aliphatic carbocycles. The number of nitrogens with zero attached hydrogens (tertiary/aromatic N) is 3. The molecule has 0 bridgehead atoms. The molecular formula is C17H19N3O2. The number of benzene rings is 1. The Hall–Kier alpha value is -2.27. The minimum absolute atomic E-state index is 0.287. The molecule has 2 heterocycles. The molecule has 1 fully saturated rings. The summed E-state index contributed by atoms with van der Waals surface area (Å²) in [6.45, 7) is 3.65. The van der Waals surface area contributed by atoms with Crippen LogP contribution in [0, 0.1) is 6.92 Å². The van der Waals surface area contributed by atoms with Crippen LogP contribution in [0.5, 0.6) is 0 Å². The molecule has 2 aromatic rings. The van der Waals surface area contributed by atoms with Crippen molar-refractivity contribution in [2.75, 3.05) is 6.54 Å². The minimum atomic E-state index is -0.883. The predicted octanol–water partition coefficient (Wildman–Crippen LogP) is 2.82. The quantitative estimate of drug-likeness (QED) is 0.940. The molecule has 0 spiro atoms. The van der Waals surface area contributed by atoms with Crippen LogP contribution in [0.15, 0.2) is 36.5 Å². The second-order valence-corrected chi connectivity index (χ2v) is 5.66. The Bertz CT molecular complexity index is 687. The molecule has 1 atom stereocenters. The van der Waals surface area contributed by atoms with Gasteiger partial charge in [0, 0.05) is 12.7 Å². The maximum Gasteiger partial charge on any atom is 0.335 e. The highest BCUT2D eigenvalue weighted by Crippen LogP contribution is 2.32. The van der Waals surface area contributed by atoms with Crippen LogP contribution in [0.3, 0.4) is 0 Å². The first-order valence-corrected chi connectivity index (χ1v) is 7.49. The second-order valence-electron chi connectivity index (χ2n) is 5.66. The van der Waals surface area contributed by atoms with Gasteiger partial charge in [0.05, 0.1) is 17.3 Å². The average Bonchev–Trinajstić information content (AvgIpc) is 2.95. The third-order valence-corrected chi connectivity index (χ3v) is 4.06. The summed E-state index contributed by atoms with van der Waals surface area (Å²) in [4.78, 5) is 22.1. The van der Waals surface area contributed by atoms with E-state index in [0.717, 1.165) is 43.0 Å². The van der Waals surface area contributed by atoms with Crippen LogP contribution in [0.1, 0.15) is 46.3 Å². The largest absolute Gasteiger partial charge is 0.478 e. The first-order chi connectivity index (χ1) is 10.6. The number of carboxylic acid groups (broad SMARTS) is 1. The highest BCUT2D eigenvalue weighted by atomic mass is 16.4. The van der Waals surface area contributed by atoms with E-state index in [1.54, 1.807) is 24.4 Å². The smallest absolute Gasteiger partial charge is 0.335 e. The Balaban J connectivity index is 1.79. The third kappa shape index (κ3) is 3.14. The molecule has 0 saturated carbocycles. The summed E-state index contributed by atoms with van der Waals surface area (Å²) in [7, 11) is 0. The van der Waals surface area contributed by atoms with E-state index in [1.165, 1.54) is 0 Å². The van der Waals surface area contributed by atoms with Crippen LogP contribution in [0.25, 0.3) is 0 Å². The Morgan fingerprint density at radius 3 is 3.05 bits per heavy atom. The zero-order chi connectivity index (χ0) is 15.5. The first-order valence-electron chi connectivity index (χ1n) is 7.49. The standard InChI is InChI=1S/C17H19N3O2/c1-12-18-8-7-15(19-12)16-6-3-9-20(16)11-13-4-2-5-14(10-13)17(21)22/h2,4-5,7-8,10,16H,3,6,9,11H2,1H3,(H,21,22)/t16-/m1/s1. The summed E-state index contributed by atoms with van der Waals surface area (Å²) in [5.41, 5.74) is 2.42. The van der Waals surface area contributed by atoms with E-state index in [1.807, 2.05) is 19.1 Å². The van der Waals surface area contributed by atoms with Crippen molar-refractivity contribution >= 4 is 5.97 Å². The number of likely N-dealkylation sites (tertiary alicyclic amines) is 1. The lowest BCUT2D eigenvalue weighted by Gasteiger charge is -2.24. The van der Waals surface area contributed by atoms with E-state index < -0.39 is 5.97 Å². The predicted molar refractivity (Wildman–Crippen MR) is 82.6 cm³/mol. The van der Waals surface area contributed by atoms with Gasteiger partial charge in [-0.15, -0.1) is 0 Å². The van der Waals surface area contributed by atoms with Gasteiger partial charge >= 0.3 is 5.97 Å². The first kappa shape index (κ1) is 14.7. The van der Waals surface area contributed by atoms with Gasteiger partial charge in [-0.1, -0.05) is 12.1 Å². The van der Waals surface area contributed by atoms with E-state index in [0.29, 0.717) is 5.56 Å². The molecule has 1 aromatic heterocycles. The van der Waals surface area contributed by atoms with Gasteiger partial charge in [0.2, 0.25) is 0 Å². The lowest BCUT2D eigenvalue weighted by Crippen LogP contribution is -2.23. The van der Waals surface area contributed by atoms with E-state index in [2.05, 4.69) is 14.9 Å². The number of aromatic carboxylic acids is 1. The Kier molecular flexibility index (Phi) is 4.15. The number of carbonyl (C=O) groups is 1. The molecule has 22 heavy (non-hydrogen) atoms. The molecule has 114 valence electrons. The summed E-state index contributed by atoms with van der Waals surface area (Å²) >= 11 is 0. The zero-order valence-corrected chi connectivity index (χ0v) is 12.6. The number of carboxylic acids is 1. The summed E-state index contributed by atoms with van der Waals surface area (Å²) in [6.07, 6.45) is 4.01. The van der Waals surface area contributed by atoms with Gasteiger partial charge in [-0.2, -0.15) is 0 Å². The van der Waals surface area contributed by atoms with Gasteiger partial charge in [0.25, 0.3) is 0 Å². The van der Waals surface area contributed by atoms with Crippen LogP contribution >= 0.6 is 0 Å². The monoisotopic (exact) mass is 297 g/mol. The fourth-order valence-electron chi connectivity index (χ4n) is 3.05. The van der Waals surface area contributed by atoms with Gasteiger partial charge in [-0.3, -0.25) is 4.90 Å². The highest BCUT2D eigenvalue weighted by molar-refractivity contribution is 5.87. The lowest BCUT2D eigenvalue weighted by atomic mass is 10.1. The van der Waals surface area contributed by atoms with Crippen molar-refractivity contribution in [3.05, 3.63) is 59.2 Å². The topological polar surface area (TPSA) is 66.3 Å². The fourth-order valence-corrected chi connectivity index (χ4v) is 3.05. The van der Waals surface area contributed by atoms with Crippen molar-refractivity contribution in [2.45, 2.75) is 32.4 Å². The van der Waals surface area contributed by atoms with Crippen molar-refractivity contribution in [3.63, 3.8) is 0 Å². The number of hydrogen-bond acceptors (Lipinski definition) is 4. The van der Waals surface area contributed by atoms with E-state index >= 15 is 0 Å². The normalized spacial score (nSPS) is 18.5. The Morgan fingerprint density at radius 1 is 1.41 bits per heavy atom. The third-order valence-electron chi connectivity index (χ3n) is 4.06. The molecule has 0 unspecified atom stereocenters. The highest BCUT2D eigenvalue weighted by Gasteiger charge is 2.27. The number of aryl methyl sites for hydroxylation is 1. The van der Waals surface area contributed by atoms with E-state index in [-0.39, 0.29) is 6.04 Å². The summed E-state index contributed by atoms with van der Waals surface area (Å²) in [5, 5.41) is 9.10. The summed E-state index contributed by atoms with van der Waals surface area (Å²) < 4.78 is 0. The number of aromatic nitrogens is 2. The van der Waals surface area contributed by atoms with Crippen LogP contribution < -0.4 is 0 Å². The van der Waals surface area contributed by atoms with Crippen molar-refractivity contribution in [1.82, 2.24) is 14.9 Å². The minimum Gasteiger partial charge on any atom is -0.478 e. The summed E-state index contributed by atoms with van der Waals surface area (Å²) in [5.74, 6) is -0.0940. The number of rotatable bonds is 4. The number of hydrogen-bond donors (Lipinski definition) is 1. The lowest BCUT2D eigenvalue weighted by molar-refractivity contribution is 0.0696. The maximum atomic E-state index is 11.1.